The summed E-state index contributed by atoms with van der Waals surface area (Å²) in [5, 5.41) is 12.5. The lowest BCUT2D eigenvalue weighted by Gasteiger charge is -2.32. The molecule has 2 aromatic rings. The number of nitrogens with one attached hydrogen (secondary N) is 2. The number of H-pyrrole nitrogens is 1. The van der Waals surface area contributed by atoms with Crippen molar-refractivity contribution in [1.82, 2.24) is 15.5 Å². The van der Waals surface area contributed by atoms with E-state index in [1.54, 1.807) is 11.3 Å². The van der Waals surface area contributed by atoms with Crippen molar-refractivity contribution in [2.75, 3.05) is 24.6 Å². The van der Waals surface area contributed by atoms with E-state index in [9.17, 15) is 4.79 Å². The highest BCUT2D eigenvalue weighted by Gasteiger charge is 2.22. The van der Waals surface area contributed by atoms with Gasteiger partial charge < -0.3 is 15.0 Å². The van der Waals surface area contributed by atoms with Crippen LogP contribution in [-0.4, -0.2) is 42.0 Å². The molecule has 0 spiro atoms. The lowest BCUT2D eigenvalue weighted by molar-refractivity contribution is 0.146. The fraction of sp³-hybridized carbons (Fsp3) is 0.467. The van der Waals surface area contributed by atoms with Gasteiger partial charge in [0.25, 0.3) is 0 Å². The molecule has 0 unspecified atom stereocenters. The zero-order chi connectivity index (χ0) is 15.4. The molecule has 7 heteroatoms. The molecule has 1 aliphatic rings. The molecule has 1 aliphatic heterocycles. The first-order chi connectivity index (χ1) is 10.8. The van der Waals surface area contributed by atoms with Crippen LogP contribution in [0.4, 0.5) is 10.6 Å². The number of nitrogens with zero attached hydrogens (tertiary/aromatic N) is 2. The number of carbonyl (C=O) groups is 1. The summed E-state index contributed by atoms with van der Waals surface area (Å²) in [6.07, 6.45) is 1.49. The predicted octanol–water partition coefficient (Wildman–Crippen LogP) is 2.85. The van der Waals surface area contributed by atoms with Gasteiger partial charge in [-0.05, 0) is 31.2 Å². The van der Waals surface area contributed by atoms with E-state index in [2.05, 4.69) is 37.9 Å². The number of aromatic amines is 1. The van der Waals surface area contributed by atoms with Crippen molar-refractivity contribution in [3.8, 4) is 10.6 Å². The maximum atomic E-state index is 11.4. The highest BCUT2D eigenvalue weighted by atomic mass is 32.1. The van der Waals surface area contributed by atoms with Gasteiger partial charge in [-0.2, -0.15) is 5.10 Å². The second kappa shape index (κ2) is 6.83. The number of anilines is 1. The number of thiophene rings is 1. The molecular weight excluding hydrogens is 300 g/mol. The Kier molecular flexibility index (Phi) is 4.62. The van der Waals surface area contributed by atoms with Gasteiger partial charge in [-0.15, -0.1) is 11.3 Å². The molecule has 3 heterocycles. The molecule has 2 N–H and O–H groups in total. The van der Waals surface area contributed by atoms with E-state index in [-0.39, 0.29) is 12.1 Å². The summed E-state index contributed by atoms with van der Waals surface area (Å²) in [6.45, 7) is 3.98. The number of hydrogen-bond donors (Lipinski definition) is 2. The van der Waals surface area contributed by atoms with Crippen molar-refractivity contribution in [2.45, 2.75) is 25.8 Å². The van der Waals surface area contributed by atoms with E-state index in [1.165, 1.54) is 4.88 Å². The first-order valence-corrected chi connectivity index (χ1v) is 8.41. The first-order valence-electron chi connectivity index (χ1n) is 7.53. The van der Waals surface area contributed by atoms with E-state index in [4.69, 9.17) is 4.74 Å². The largest absolute Gasteiger partial charge is 0.450 e. The fourth-order valence-corrected chi connectivity index (χ4v) is 3.32. The van der Waals surface area contributed by atoms with Crippen molar-refractivity contribution in [1.29, 1.82) is 0 Å². The third-order valence-corrected chi connectivity index (χ3v) is 4.67. The molecule has 1 fully saturated rings. The molecule has 3 rings (SSSR count). The number of piperidine rings is 1. The van der Waals surface area contributed by atoms with Gasteiger partial charge in [-0.3, -0.25) is 5.10 Å². The molecule has 1 amide bonds. The highest BCUT2D eigenvalue weighted by Crippen LogP contribution is 2.27. The van der Waals surface area contributed by atoms with Crippen LogP contribution in [0, 0.1) is 0 Å². The second-order valence-electron chi connectivity index (χ2n) is 5.24. The summed E-state index contributed by atoms with van der Waals surface area (Å²) >= 11 is 1.70. The summed E-state index contributed by atoms with van der Waals surface area (Å²) < 4.78 is 4.92. The van der Waals surface area contributed by atoms with Crippen LogP contribution in [0.3, 0.4) is 0 Å². The molecule has 1 saturated heterocycles. The lowest BCUT2D eigenvalue weighted by atomic mass is 10.1. The van der Waals surface area contributed by atoms with Crippen LogP contribution in [0.15, 0.2) is 23.6 Å². The fourth-order valence-electron chi connectivity index (χ4n) is 2.62. The van der Waals surface area contributed by atoms with Crippen molar-refractivity contribution in [3.63, 3.8) is 0 Å². The summed E-state index contributed by atoms with van der Waals surface area (Å²) in [4.78, 5) is 14.9. The zero-order valence-electron chi connectivity index (χ0n) is 12.5. The topological polar surface area (TPSA) is 70.2 Å². The summed E-state index contributed by atoms with van der Waals surface area (Å²) in [5.74, 6) is 0.970. The van der Waals surface area contributed by atoms with Gasteiger partial charge in [0.15, 0.2) is 5.82 Å². The average molecular weight is 320 g/mol. The van der Waals surface area contributed by atoms with Crippen LogP contribution >= 0.6 is 11.3 Å². The lowest BCUT2D eigenvalue weighted by Crippen LogP contribution is -2.45. The maximum Gasteiger partial charge on any atom is 0.407 e. The Bertz CT molecular complexity index is 603. The van der Waals surface area contributed by atoms with Gasteiger partial charge in [0.2, 0.25) is 0 Å². The molecule has 0 radical (unpaired) electrons. The number of rotatable bonds is 4. The SMILES string of the molecule is CCOC(=O)NC1CCN(c2cc(-c3cccs3)[nH]n2)CC1. The Morgan fingerprint density at radius 3 is 3.05 bits per heavy atom. The van der Waals surface area contributed by atoms with E-state index in [0.717, 1.165) is 37.4 Å². The van der Waals surface area contributed by atoms with Gasteiger partial charge in [-0.25, -0.2) is 4.79 Å². The molecule has 118 valence electrons. The van der Waals surface area contributed by atoms with Crippen LogP contribution < -0.4 is 10.2 Å². The predicted molar refractivity (Wildman–Crippen MR) is 87.3 cm³/mol. The molecule has 0 saturated carbocycles. The Hall–Kier alpha value is -2.02. The van der Waals surface area contributed by atoms with Gasteiger partial charge in [0.05, 0.1) is 17.2 Å². The first kappa shape index (κ1) is 14.9. The number of aromatic nitrogens is 2. The van der Waals surface area contributed by atoms with E-state index in [0.29, 0.717) is 6.61 Å². The maximum absolute atomic E-state index is 11.4. The van der Waals surface area contributed by atoms with Crippen molar-refractivity contribution in [2.24, 2.45) is 0 Å². The third kappa shape index (κ3) is 3.41. The van der Waals surface area contributed by atoms with Crippen molar-refractivity contribution < 1.29 is 9.53 Å². The Labute approximate surface area is 133 Å². The number of amides is 1. The molecular formula is C15H20N4O2S. The van der Waals surface area contributed by atoms with Gasteiger partial charge in [0.1, 0.15) is 0 Å². The number of hydrogen-bond acceptors (Lipinski definition) is 5. The van der Waals surface area contributed by atoms with Crippen molar-refractivity contribution in [3.05, 3.63) is 23.6 Å². The van der Waals surface area contributed by atoms with E-state index >= 15 is 0 Å². The summed E-state index contributed by atoms with van der Waals surface area (Å²) in [6, 6.07) is 6.39. The highest BCUT2D eigenvalue weighted by molar-refractivity contribution is 7.13. The molecule has 2 aromatic heterocycles. The van der Waals surface area contributed by atoms with Crippen LogP contribution in [0.25, 0.3) is 10.6 Å². The summed E-state index contributed by atoms with van der Waals surface area (Å²) in [5.41, 5.74) is 1.05. The Balaban J connectivity index is 1.54. The quantitative estimate of drug-likeness (QED) is 0.909. The molecule has 0 atom stereocenters. The average Bonchev–Trinajstić information content (AvgIpc) is 3.19. The normalized spacial score (nSPS) is 15.8. The van der Waals surface area contributed by atoms with Crippen LogP contribution in [0.2, 0.25) is 0 Å². The molecule has 0 aromatic carbocycles. The number of alkyl carbamates (subject to hydrolysis) is 1. The van der Waals surface area contributed by atoms with Crippen LogP contribution in [-0.2, 0) is 4.74 Å². The minimum atomic E-state index is -0.319. The smallest absolute Gasteiger partial charge is 0.407 e. The Morgan fingerprint density at radius 2 is 2.36 bits per heavy atom. The minimum Gasteiger partial charge on any atom is -0.450 e. The number of carbonyl (C=O) groups excluding carboxylic acids is 1. The molecule has 22 heavy (non-hydrogen) atoms. The second-order valence-corrected chi connectivity index (χ2v) is 6.19. The summed E-state index contributed by atoms with van der Waals surface area (Å²) in [7, 11) is 0. The van der Waals surface area contributed by atoms with Gasteiger partial charge in [-0.1, -0.05) is 6.07 Å². The molecule has 0 bridgehead atoms. The Morgan fingerprint density at radius 1 is 1.55 bits per heavy atom. The molecule has 0 aliphatic carbocycles. The van der Waals surface area contributed by atoms with Crippen LogP contribution in [0.1, 0.15) is 19.8 Å². The van der Waals surface area contributed by atoms with Crippen molar-refractivity contribution >= 4 is 23.2 Å². The third-order valence-electron chi connectivity index (χ3n) is 3.77. The van der Waals surface area contributed by atoms with E-state index < -0.39 is 0 Å². The minimum absolute atomic E-state index is 0.186. The van der Waals surface area contributed by atoms with E-state index in [1.807, 2.05) is 13.0 Å². The standard InChI is InChI=1S/C15H20N4O2S/c1-2-21-15(20)16-11-5-7-19(8-6-11)14-10-12(17-18-14)13-4-3-9-22-13/h3-4,9-11H,2,5-8H2,1H3,(H,16,20)(H,17,18). The van der Waals surface area contributed by atoms with Gasteiger partial charge in [0, 0.05) is 25.2 Å². The van der Waals surface area contributed by atoms with Gasteiger partial charge >= 0.3 is 6.09 Å². The van der Waals surface area contributed by atoms with Crippen LogP contribution in [0.5, 0.6) is 0 Å². The zero-order valence-corrected chi connectivity index (χ0v) is 13.4. The number of ether oxygens (including phenoxy) is 1. The molecule has 6 nitrogen and oxygen atoms in total. The monoisotopic (exact) mass is 320 g/mol.